The van der Waals surface area contributed by atoms with E-state index in [-0.39, 0.29) is 37.0 Å². The lowest BCUT2D eigenvalue weighted by Crippen LogP contribution is -2.53. The van der Waals surface area contributed by atoms with Gasteiger partial charge in [0, 0.05) is 12.7 Å². The molecule has 0 saturated carbocycles. The minimum atomic E-state index is -0.905. The second kappa shape index (κ2) is 8.45. The van der Waals surface area contributed by atoms with Crippen LogP contribution >= 0.6 is 11.3 Å². The van der Waals surface area contributed by atoms with E-state index >= 15 is 0 Å². The van der Waals surface area contributed by atoms with Crippen molar-refractivity contribution in [3.63, 3.8) is 0 Å². The molecule has 2 N–H and O–H groups in total. The third kappa shape index (κ3) is 4.17. The average molecular weight is 430 g/mol. The summed E-state index contributed by atoms with van der Waals surface area (Å²) in [6.45, 7) is 0.215. The molecule has 2 amide bonds. The number of rotatable bonds is 4. The van der Waals surface area contributed by atoms with Crippen LogP contribution in [0.15, 0.2) is 35.7 Å². The van der Waals surface area contributed by atoms with E-state index in [2.05, 4.69) is 5.32 Å². The molecule has 0 radical (unpaired) electrons. The van der Waals surface area contributed by atoms with Crippen LogP contribution < -0.4 is 10.1 Å². The summed E-state index contributed by atoms with van der Waals surface area (Å²) >= 11 is 1.34. The van der Waals surface area contributed by atoms with E-state index in [4.69, 9.17) is 14.6 Å². The Balaban J connectivity index is 1.54. The zero-order valence-corrected chi connectivity index (χ0v) is 17.2. The largest absolute Gasteiger partial charge is 0.490 e. The fourth-order valence-corrected chi connectivity index (χ4v) is 4.52. The molecule has 1 saturated heterocycles. The van der Waals surface area contributed by atoms with E-state index in [9.17, 15) is 14.4 Å². The molecule has 8 nitrogen and oxygen atoms in total. The van der Waals surface area contributed by atoms with Gasteiger partial charge >= 0.3 is 5.97 Å². The molecule has 0 spiro atoms. The zero-order chi connectivity index (χ0) is 21.3. The average Bonchev–Trinajstić information content (AvgIpc) is 3.26. The van der Waals surface area contributed by atoms with Crippen LogP contribution in [0.1, 0.15) is 39.3 Å². The van der Waals surface area contributed by atoms with Gasteiger partial charge in [0.15, 0.2) is 0 Å². The van der Waals surface area contributed by atoms with Crippen molar-refractivity contribution in [1.82, 2.24) is 4.90 Å². The van der Waals surface area contributed by atoms with Crippen LogP contribution in [0.25, 0.3) is 0 Å². The monoisotopic (exact) mass is 430 g/mol. The van der Waals surface area contributed by atoms with Gasteiger partial charge in [0.1, 0.15) is 18.5 Å². The Morgan fingerprint density at radius 2 is 2.13 bits per heavy atom. The molecular weight excluding hydrogens is 408 g/mol. The number of amides is 2. The van der Waals surface area contributed by atoms with Crippen molar-refractivity contribution >= 4 is 34.8 Å². The molecule has 9 heteroatoms. The van der Waals surface area contributed by atoms with Crippen LogP contribution in [-0.4, -0.2) is 59.7 Å². The van der Waals surface area contributed by atoms with Gasteiger partial charge in [-0.25, -0.2) is 0 Å². The highest BCUT2D eigenvalue weighted by Crippen LogP contribution is 2.32. The van der Waals surface area contributed by atoms with Crippen molar-refractivity contribution in [3.05, 3.63) is 46.2 Å². The van der Waals surface area contributed by atoms with Crippen LogP contribution in [-0.2, 0) is 9.53 Å². The summed E-state index contributed by atoms with van der Waals surface area (Å²) < 4.78 is 11.8. The summed E-state index contributed by atoms with van der Waals surface area (Å²) in [5, 5.41) is 13.7. The number of thiophene rings is 1. The van der Waals surface area contributed by atoms with Gasteiger partial charge in [-0.1, -0.05) is 6.07 Å². The first-order valence-corrected chi connectivity index (χ1v) is 10.6. The van der Waals surface area contributed by atoms with Gasteiger partial charge in [-0.05, 0) is 42.5 Å². The summed E-state index contributed by atoms with van der Waals surface area (Å²) in [4.78, 5) is 38.7. The fraction of sp³-hybridized carbons (Fsp3) is 0.381. The maximum absolute atomic E-state index is 13.2. The number of nitrogens with one attached hydrogen (secondary N) is 1. The number of carbonyl (C=O) groups is 3. The minimum Gasteiger partial charge on any atom is -0.490 e. The van der Waals surface area contributed by atoms with Crippen molar-refractivity contribution in [3.8, 4) is 5.75 Å². The van der Waals surface area contributed by atoms with Gasteiger partial charge in [-0.2, -0.15) is 0 Å². The lowest BCUT2D eigenvalue weighted by Gasteiger charge is -2.42. The predicted molar refractivity (Wildman–Crippen MR) is 110 cm³/mol. The van der Waals surface area contributed by atoms with Crippen molar-refractivity contribution in [1.29, 1.82) is 0 Å². The summed E-state index contributed by atoms with van der Waals surface area (Å²) in [5.74, 6) is -0.963. The normalized spacial score (nSPS) is 23.4. The van der Waals surface area contributed by atoms with E-state index in [1.807, 2.05) is 5.38 Å². The number of carbonyl (C=O) groups excluding carboxylic acids is 2. The second-order valence-corrected chi connectivity index (χ2v) is 8.36. The first-order valence-electron chi connectivity index (χ1n) is 9.68. The Morgan fingerprint density at radius 1 is 1.30 bits per heavy atom. The molecule has 1 aromatic carbocycles. The highest BCUT2D eigenvalue weighted by molar-refractivity contribution is 7.12. The number of ether oxygens (including phenoxy) is 2. The molecular formula is C21H22N2O6S. The number of hydrogen-bond acceptors (Lipinski definition) is 6. The van der Waals surface area contributed by atoms with Crippen LogP contribution in [0.3, 0.4) is 0 Å². The van der Waals surface area contributed by atoms with Gasteiger partial charge in [0.05, 0.1) is 29.0 Å². The number of aliphatic carboxylic acids is 1. The van der Waals surface area contributed by atoms with Crippen molar-refractivity contribution in [2.24, 2.45) is 0 Å². The predicted octanol–water partition coefficient (Wildman–Crippen LogP) is 2.86. The molecule has 1 fully saturated rings. The second-order valence-electron chi connectivity index (χ2n) is 7.41. The highest BCUT2D eigenvalue weighted by atomic mass is 32.1. The van der Waals surface area contributed by atoms with E-state index in [1.165, 1.54) is 11.3 Å². The Morgan fingerprint density at radius 3 is 2.87 bits per heavy atom. The van der Waals surface area contributed by atoms with Crippen LogP contribution in [0.4, 0.5) is 5.69 Å². The number of fused-ring (bicyclic) bond motifs is 2. The summed E-state index contributed by atoms with van der Waals surface area (Å²) in [5.41, 5.74) is 0.878. The van der Waals surface area contributed by atoms with Crippen molar-refractivity contribution in [2.45, 2.75) is 37.5 Å². The quantitative estimate of drug-likeness (QED) is 0.773. The molecule has 2 aromatic rings. The van der Waals surface area contributed by atoms with Crippen LogP contribution in [0.5, 0.6) is 5.75 Å². The number of carboxylic acids is 1. The third-order valence-corrected chi connectivity index (χ3v) is 6.29. The van der Waals surface area contributed by atoms with Crippen molar-refractivity contribution < 1.29 is 29.0 Å². The van der Waals surface area contributed by atoms with E-state index < -0.39 is 12.1 Å². The Bertz CT molecular complexity index is 960. The van der Waals surface area contributed by atoms with Gasteiger partial charge < -0.3 is 24.8 Å². The Labute approximate surface area is 177 Å². The van der Waals surface area contributed by atoms with E-state index in [0.29, 0.717) is 34.7 Å². The molecule has 2 aliphatic heterocycles. The number of hydrogen-bond donors (Lipinski definition) is 2. The summed E-state index contributed by atoms with van der Waals surface area (Å²) in [6, 6.07) is 8.29. The smallest absolute Gasteiger partial charge is 0.305 e. The molecule has 158 valence electrons. The molecule has 4 rings (SSSR count). The number of nitrogens with zero attached hydrogens (tertiary/aromatic N) is 1. The number of carboxylic acid groups (broad SMARTS) is 1. The summed E-state index contributed by atoms with van der Waals surface area (Å²) in [6.07, 6.45) is 0.353. The Hall–Kier alpha value is -2.91. The maximum Gasteiger partial charge on any atom is 0.305 e. The Kier molecular flexibility index (Phi) is 5.74. The highest BCUT2D eigenvalue weighted by Gasteiger charge is 2.39. The maximum atomic E-state index is 13.2. The number of likely N-dealkylation sites (N-methyl/N-ethyl adjacent to an activating group) is 1. The minimum absolute atomic E-state index is 0.0647. The van der Waals surface area contributed by atoms with E-state index in [1.54, 1.807) is 42.3 Å². The van der Waals surface area contributed by atoms with E-state index in [0.717, 1.165) is 0 Å². The van der Waals surface area contributed by atoms with Gasteiger partial charge in [-0.3, -0.25) is 14.4 Å². The molecule has 3 atom stereocenters. The molecule has 0 bridgehead atoms. The van der Waals surface area contributed by atoms with Crippen LogP contribution in [0, 0.1) is 0 Å². The number of anilines is 1. The van der Waals surface area contributed by atoms with Crippen LogP contribution in [0.2, 0.25) is 0 Å². The SMILES string of the molecule is CN1C(=O)c2cc(NC(=O)c3cccs3)ccc2OC[C@H]2O[C@@H](CC(=O)O)CC[C@H]21. The first-order chi connectivity index (χ1) is 14.4. The van der Waals surface area contributed by atoms with Crippen molar-refractivity contribution in [2.75, 3.05) is 19.0 Å². The lowest BCUT2D eigenvalue weighted by molar-refractivity contribution is -0.148. The van der Waals surface area contributed by atoms with Gasteiger partial charge in [0.2, 0.25) is 0 Å². The molecule has 3 heterocycles. The van der Waals surface area contributed by atoms with Gasteiger partial charge in [-0.15, -0.1) is 11.3 Å². The molecule has 2 aliphatic rings. The molecule has 0 aliphatic carbocycles. The topological polar surface area (TPSA) is 105 Å². The number of benzene rings is 1. The first kappa shape index (κ1) is 20.4. The lowest BCUT2D eigenvalue weighted by atomic mass is 9.94. The standard InChI is InChI=1S/C21H22N2O6S/c1-23-15-6-5-13(10-19(24)25)29-17(15)11-28-16-7-4-12(9-14(16)21(23)27)22-20(26)18-3-2-8-30-18/h2-4,7-9,13,15,17H,5-6,10-11H2,1H3,(H,22,26)(H,24,25)/t13-,15-,17-/m1/s1. The fourth-order valence-electron chi connectivity index (χ4n) is 3.90. The third-order valence-electron chi connectivity index (χ3n) is 5.42. The molecule has 0 unspecified atom stereocenters. The van der Waals surface area contributed by atoms with Gasteiger partial charge in [0.25, 0.3) is 11.8 Å². The zero-order valence-electron chi connectivity index (χ0n) is 16.4. The molecule has 30 heavy (non-hydrogen) atoms. The summed E-state index contributed by atoms with van der Waals surface area (Å²) in [7, 11) is 1.72. The molecule has 1 aromatic heterocycles.